The van der Waals surface area contributed by atoms with E-state index in [1.165, 1.54) is 19.3 Å². The summed E-state index contributed by atoms with van der Waals surface area (Å²) in [4.78, 5) is 0. The minimum atomic E-state index is -0.0165. The van der Waals surface area contributed by atoms with E-state index in [2.05, 4.69) is 19.2 Å². The van der Waals surface area contributed by atoms with Gasteiger partial charge in [0.1, 0.15) is 18.1 Å². The third kappa shape index (κ3) is 3.33. The van der Waals surface area contributed by atoms with Crippen LogP contribution >= 0.6 is 0 Å². The molecule has 1 saturated carbocycles. The maximum absolute atomic E-state index is 8.92. The molecule has 2 N–H and O–H groups in total. The number of aliphatic hydroxyl groups excluding tert-OH is 1. The second kappa shape index (κ2) is 5.69. The topological polar surface area (TPSA) is 45.4 Å². The Labute approximate surface area is 103 Å². The fourth-order valence-corrected chi connectivity index (χ4v) is 2.80. The van der Waals surface area contributed by atoms with Gasteiger partial charge in [0.05, 0.1) is 6.54 Å². The molecule has 0 aliphatic heterocycles. The molecule has 0 bridgehead atoms. The summed E-state index contributed by atoms with van der Waals surface area (Å²) >= 11 is 0. The molecule has 3 unspecified atom stereocenters. The predicted molar refractivity (Wildman–Crippen MR) is 67.4 cm³/mol. The van der Waals surface area contributed by atoms with Crippen LogP contribution in [0.4, 0.5) is 0 Å². The monoisotopic (exact) mass is 237 g/mol. The molecule has 1 aliphatic carbocycles. The standard InChI is InChI=1S/C14H23NO2/c1-10-3-6-14(11(2)7-10)15-8-12-4-5-13(9-16)17-12/h4-5,10-11,14-16H,3,6-9H2,1-2H3. The van der Waals surface area contributed by atoms with E-state index < -0.39 is 0 Å². The van der Waals surface area contributed by atoms with Crippen LogP contribution in [0.2, 0.25) is 0 Å². The van der Waals surface area contributed by atoms with Crippen molar-refractivity contribution in [1.82, 2.24) is 5.32 Å². The van der Waals surface area contributed by atoms with Crippen molar-refractivity contribution < 1.29 is 9.52 Å². The first-order valence-corrected chi connectivity index (χ1v) is 6.61. The Bertz CT molecular complexity index is 348. The van der Waals surface area contributed by atoms with E-state index in [0.717, 1.165) is 24.1 Å². The van der Waals surface area contributed by atoms with Crippen LogP contribution in [0.15, 0.2) is 16.5 Å². The highest BCUT2D eigenvalue weighted by molar-refractivity contribution is 5.06. The Kier molecular flexibility index (Phi) is 4.24. The molecule has 0 saturated heterocycles. The summed E-state index contributed by atoms with van der Waals surface area (Å²) < 4.78 is 5.47. The first-order chi connectivity index (χ1) is 8.19. The van der Waals surface area contributed by atoms with Gasteiger partial charge < -0.3 is 14.8 Å². The zero-order valence-electron chi connectivity index (χ0n) is 10.8. The van der Waals surface area contributed by atoms with Gasteiger partial charge in [-0.25, -0.2) is 0 Å². The summed E-state index contributed by atoms with van der Waals surface area (Å²) in [6.45, 7) is 5.42. The molecule has 1 aromatic rings. The Morgan fingerprint density at radius 1 is 1.29 bits per heavy atom. The van der Waals surface area contributed by atoms with Crippen LogP contribution in [0.3, 0.4) is 0 Å². The highest BCUT2D eigenvalue weighted by Crippen LogP contribution is 2.28. The van der Waals surface area contributed by atoms with Crippen molar-refractivity contribution in [3.63, 3.8) is 0 Å². The van der Waals surface area contributed by atoms with Gasteiger partial charge in [0.25, 0.3) is 0 Å². The number of hydrogen-bond acceptors (Lipinski definition) is 3. The zero-order valence-corrected chi connectivity index (χ0v) is 10.8. The van der Waals surface area contributed by atoms with Crippen LogP contribution in [0, 0.1) is 11.8 Å². The van der Waals surface area contributed by atoms with Gasteiger partial charge in [0.2, 0.25) is 0 Å². The minimum absolute atomic E-state index is 0.0165. The van der Waals surface area contributed by atoms with Crippen LogP contribution in [0.5, 0.6) is 0 Å². The third-order valence-electron chi connectivity index (χ3n) is 3.84. The fraction of sp³-hybridized carbons (Fsp3) is 0.714. The van der Waals surface area contributed by atoms with Crippen molar-refractivity contribution in [3.05, 3.63) is 23.7 Å². The lowest BCUT2D eigenvalue weighted by Crippen LogP contribution is -2.38. The average molecular weight is 237 g/mol. The van der Waals surface area contributed by atoms with Gasteiger partial charge in [-0.3, -0.25) is 0 Å². The highest BCUT2D eigenvalue weighted by Gasteiger charge is 2.24. The molecular formula is C14H23NO2. The van der Waals surface area contributed by atoms with E-state index in [0.29, 0.717) is 11.8 Å². The number of rotatable bonds is 4. The number of hydrogen-bond donors (Lipinski definition) is 2. The molecule has 1 fully saturated rings. The van der Waals surface area contributed by atoms with Crippen LogP contribution < -0.4 is 5.32 Å². The highest BCUT2D eigenvalue weighted by atomic mass is 16.4. The lowest BCUT2D eigenvalue weighted by atomic mass is 9.80. The first kappa shape index (κ1) is 12.7. The van der Waals surface area contributed by atoms with Gasteiger partial charge in [0, 0.05) is 6.04 Å². The molecule has 1 aromatic heterocycles. The van der Waals surface area contributed by atoms with E-state index in [-0.39, 0.29) is 6.61 Å². The van der Waals surface area contributed by atoms with E-state index in [1.807, 2.05) is 12.1 Å². The Morgan fingerprint density at radius 2 is 2.06 bits per heavy atom. The van der Waals surface area contributed by atoms with E-state index in [4.69, 9.17) is 9.52 Å². The van der Waals surface area contributed by atoms with Crippen molar-refractivity contribution in [3.8, 4) is 0 Å². The van der Waals surface area contributed by atoms with Gasteiger partial charge in [-0.15, -0.1) is 0 Å². The summed E-state index contributed by atoms with van der Waals surface area (Å²) in [6, 6.07) is 4.38. The molecule has 0 spiro atoms. The van der Waals surface area contributed by atoms with Gasteiger partial charge in [0.15, 0.2) is 0 Å². The molecule has 3 atom stereocenters. The molecule has 1 aliphatic rings. The molecule has 0 radical (unpaired) electrons. The van der Waals surface area contributed by atoms with Gasteiger partial charge in [-0.1, -0.05) is 13.8 Å². The smallest absolute Gasteiger partial charge is 0.129 e. The van der Waals surface area contributed by atoms with Crippen molar-refractivity contribution >= 4 is 0 Å². The Morgan fingerprint density at radius 3 is 2.71 bits per heavy atom. The summed E-state index contributed by atoms with van der Waals surface area (Å²) in [7, 11) is 0. The van der Waals surface area contributed by atoms with Crippen LogP contribution in [0.25, 0.3) is 0 Å². The molecular weight excluding hydrogens is 214 g/mol. The SMILES string of the molecule is CC1CCC(NCc2ccc(CO)o2)C(C)C1. The minimum Gasteiger partial charge on any atom is -0.462 e. The summed E-state index contributed by atoms with van der Waals surface area (Å²) in [5, 5.41) is 12.5. The van der Waals surface area contributed by atoms with Crippen LogP contribution in [-0.4, -0.2) is 11.1 Å². The van der Waals surface area contributed by atoms with Gasteiger partial charge in [-0.05, 0) is 43.2 Å². The third-order valence-corrected chi connectivity index (χ3v) is 3.84. The zero-order chi connectivity index (χ0) is 12.3. The second-order valence-electron chi connectivity index (χ2n) is 5.41. The lowest BCUT2D eigenvalue weighted by Gasteiger charge is -2.33. The molecule has 96 valence electrons. The molecule has 3 heteroatoms. The summed E-state index contributed by atoms with van der Waals surface area (Å²) in [5.74, 6) is 3.17. The van der Waals surface area contributed by atoms with Crippen LogP contribution in [0.1, 0.15) is 44.6 Å². The molecule has 0 amide bonds. The van der Waals surface area contributed by atoms with Crippen LogP contribution in [-0.2, 0) is 13.2 Å². The van der Waals surface area contributed by atoms with Gasteiger partial charge in [-0.2, -0.15) is 0 Å². The molecule has 17 heavy (non-hydrogen) atoms. The predicted octanol–water partition coefficient (Wildman–Crippen LogP) is 2.69. The van der Waals surface area contributed by atoms with Gasteiger partial charge >= 0.3 is 0 Å². The summed E-state index contributed by atoms with van der Waals surface area (Å²) in [6.07, 6.45) is 3.90. The Hall–Kier alpha value is -0.800. The number of nitrogens with one attached hydrogen (secondary N) is 1. The van der Waals surface area contributed by atoms with Crippen molar-refractivity contribution in [2.75, 3.05) is 0 Å². The summed E-state index contributed by atoms with van der Waals surface area (Å²) in [5.41, 5.74) is 0. The quantitative estimate of drug-likeness (QED) is 0.846. The molecule has 2 rings (SSSR count). The number of furan rings is 1. The van der Waals surface area contributed by atoms with E-state index >= 15 is 0 Å². The number of aliphatic hydroxyl groups is 1. The first-order valence-electron chi connectivity index (χ1n) is 6.61. The van der Waals surface area contributed by atoms with Crippen molar-refractivity contribution in [1.29, 1.82) is 0 Å². The average Bonchev–Trinajstić information content (AvgIpc) is 2.76. The normalized spacial score (nSPS) is 29.5. The van der Waals surface area contributed by atoms with E-state index in [1.54, 1.807) is 0 Å². The van der Waals surface area contributed by atoms with Crippen molar-refractivity contribution in [2.45, 2.75) is 52.3 Å². The largest absolute Gasteiger partial charge is 0.462 e. The fourth-order valence-electron chi connectivity index (χ4n) is 2.80. The maximum Gasteiger partial charge on any atom is 0.129 e. The molecule has 0 aromatic carbocycles. The second-order valence-corrected chi connectivity index (χ2v) is 5.41. The lowest BCUT2D eigenvalue weighted by molar-refractivity contribution is 0.218. The molecule has 3 nitrogen and oxygen atoms in total. The molecule has 1 heterocycles. The van der Waals surface area contributed by atoms with Crippen molar-refractivity contribution in [2.24, 2.45) is 11.8 Å². The van der Waals surface area contributed by atoms with E-state index in [9.17, 15) is 0 Å². The maximum atomic E-state index is 8.92. The Balaban J connectivity index is 1.81.